The minimum absolute atomic E-state index is 0.173. The van der Waals surface area contributed by atoms with E-state index >= 15 is 0 Å². The minimum Gasteiger partial charge on any atom is -0.497 e. The normalized spacial score (nSPS) is 13.1. The molecule has 4 rings (SSSR count). The summed E-state index contributed by atoms with van der Waals surface area (Å²) in [5, 5.41) is 13.8. The molecule has 186 valence electrons. The summed E-state index contributed by atoms with van der Waals surface area (Å²) in [5.41, 5.74) is 2.30. The van der Waals surface area contributed by atoms with Crippen LogP contribution in [0.25, 0.3) is 0 Å². The molecule has 8 heteroatoms. The second-order valence-electron chi connectivity index (χ2n) is 8.78. The molecule has 1 aliphatic heterocycles. The molecule has 36 heavy (non-hydrogen) atoms. The molecule has 3 N–H and O–H groups in total. The number of anilines is 2. The number of amides is 2. The number of aryl methyl sites for hydroxylation is 1. The summed E-state index contributed by atoms with van der Waals surface area (Å²) in [6.45, 7) is 3.49. The van der Waals surface area contributed by atoms with Gasteiger partial charge in [-0.1, -0.05) is 23.8 Å². The van der Waals surface area contributed by atoms with E-state index in [4.69, 9.17) is 10.1 Å². The number of carbonyl (C=O) groups is 2. The third kappa shape index (κ3) is 5.71. The Kier molecular flexibility index (Phi) is 7.63. The first kappa shape index (κ1) is 24.9. The van der Waals surface area contributed by atoms with Crippen LogP contribution in [0.3, 0.4) is 0 Å². The van der Waals surface area contributed by atoms with E-state index in [-0.39, 0.29) is 22.6 Å². The Balaban J connectivity index is 1.54. The minimum atomic E-state index is -0.731. The summed E-state index contributed by atoms with van der Waals surface area (Å²) in [5.74, 6) is -1.18. The molecule has 3 aromatic rings. The zero-order valence-corrected chi connectivity index (χ0v) is 20.4. The van der Waals surface area contributed by atoms with E-state index < -0.39 is 17.6 Å². The number of methoxy groups -OCH3 is 1. The van der Waals surface area contributed by atoms with E-state index in [2.05, 4.69) is 10.6 Å². The Morgan fingerprint density at radius 1 is 0.889 bits per heavy atom. The molecule has 0 radical (unpaired) electrons. The summed E-state index contributed by atoms with van der Waals surface area (Å²) >= 11 is 0. The molecule has 0 spiro atoms. The quantitative estimate of drug-likeness (QED) is 0.317. The highest BCUT2D eigenvalue weighted by Crippen LogP contribution is 2.25. The van der Waals surface area contributed by atoms with E-state index in [0.29, 0.717) is 17.0 Å². The fourth-order valence-electron chi connectivity index (χ4n) is 4.12. The number of carbonyl (C=O) groups excluding carboxylic acids is 2. The van der Waals surface area contributed by atoms with E-state index in [1.54, 1.807) is 30.3 Å². The van der Waals surface area contributed by atoms with Crippen LogP contribution in [0.5, 0.6) is 5.75 Å². The van der Waals surface area contributed by atoms with Crippen molar-refractivity contribution in [3.63, 3.8) is 0 Å². The van der Waals surface area contributed by atoms with Crippen LogP contribution in [0.2, 0.25) is 0 Å². The van der Waals surface area contributed by atoms with Gasteiger partial charge < -0.3 is 20.3 Å². The van der Waals surface area contributed by atoms with Crippen molar-refractivity contribution in [2.24, 2.45) is 0 Å². The maximum absolute atomic E-state index is 15.0. The maximum atomic E-state index is 15.0. The Bertz CT molecular complexity index is 1280. The lowest BCUT2D eigenvalue weighted by Gasteiger charge is -2.29. The first-order valence-electron chi connectivity index (χ1n) is 11.9. The highest BCUT2D eigenvalue weighted by Gasteiger charge is 2.20. The van der Waals surface area contributed by atoms with Gasteiger partial charge in [0.2, 0.25) is 0 Å². The van der Waals surface area contributed by atoms with Crippen LogP contribution < -0.4 is 15.4 Å². The Morgan fingerprint density at radius 2 is 1.58 bits per heavy atom. The Morgan fingerprint density at radius 3 is 2.25 bits per heavy atom. The molecule has 0 atom stereocenters. The second kappa shape index (κ2) is 11.0. The van der Waals surface area contributed by atoms with Gasteiger partial charge in [-0.15, -0.1) is 0 Å². The van der Waals surface area contributed by atoms with Gasteiger partial charge in [-0.05, 0) is 68.7 Å². The van der Waals surface area contributed by atoms with Crippen molar-refractivity contribution < 1.29 is 18.7 Å². The summed E-state index contributed by atoms with van der Waals surface area (Å²) in [4.78, 5) is 27.9. The predicted octanol–water partition coefficient (Wildman–Crippen LogP) is 5.46. The molecule has 7 nitrogen and oxygen atoms in total. The largest absolute Gasteiger partial charge is 0.497 e. The van der Waals surface area contributed by atoms with Gasteiger partial charge in [0.05, 0.1) is 23.9 Å². The summed E-state index contributed by atoms with van der Waals surface area (Å²) in [7, 11) is 1.48. The number of nitrogens with zero attached hydrogens (tertiary/aromatic N) is 1. The molecule has 0 unspecified atom stereocenters. The third-order valence-corrected chi connectivity index (χ3v) is 6.19. The maximum Gasteiger partial charge on any atom is 0.258 e. The topological polar surface area (TPSA) is 94.5 Å². The van der Waals surface area contributed by atoms with Crippen LogP contribution >= 0.6 is 0 Å². The van der Waals surface area contributed by atoms with Crippen molar-refractivity contribution in [1.29, 1.82) is 5.41 Å². The van der Waals surface area contributed by atoms with E-state index in [1.807, 2.05) is 24.0 Å². The monoisotopic (exact) mass is 488 g/mol. The van der Waals surface area contributed by atoms with Crippen molar-refractivity contribution in [2.45, 2.75) is 26.2 Å². The number of nitrogens with one attached hydrogen (secondary N) is 3. The molecular weight excluding hydrogens is 459 g/mol. The number of halogens is 1. The first-order chi connectivity index (χ1) is 17.4. The zero-order valence-electron chi connectivity index (χ0n) is 20.4. The Labute approximate surface area is 209 Å². The van der Waals surface area contributed by atoms with E-state index in [0.717, 1.165) is 37.9 Å². The van der Waals surface area contributed by atoms with Crippen LogP contribution in [0.15, 0.2) is 60.7 Å². The van der Waals surface area contributed by atoms with Crippen LogP contribution in [0.4, 0.5) is 15.8 Å². The van der Waals surface area contributed by atoms with Gasteiger partial charge in [-0.3, -0.25) is 15.0 Å². The standard InChI is InChI=1S/C28H29FN4O3/c1-18-6-9-20(10-7-18)31-28(35)23-17-21(36-2)11-13-25(23)32-27(34)22-12-8-19(16-24(22)29)26(30)33-14-4-3-5-15-33/h6-13,16-17,30H,3-5,14-15H2,1-2H3,(H,31,35)(H,32,34). The van der Waals surface area contributed by atoms with Crippen molar-refractivity contribution in [1.82, 2.24) is 4.90 Å². The van der Waals surface area contributed by atoms with Crippen LogP contribution in [0.1, 0.15) is 51.1 Å². The predicted molar refractivity (Wildman–Crippen MR) is 139 cm³/mol. The first-order valence-corrected chi connectivity index (χ1v) is 11.9. The summed E-state index contributed by atoms with van der Waals surface area (Å²) in [6, 6.07) is 16.1. The van der Waals surface area contributed by atoms with E-state index in [1.165, 1.54) is 25.3 Å². The fourth-order valence-corrected chi connectivity index (χ4v) is 4.12. The van der Waals surface area contributed by atoms with Crippen LogP contribution in [-0.4, -0.2) is 42.7 Å². The van der Waals surface area contributed by atoms with Crippen molar-refractivity contribution in [3.05, 3.63) is 88.7 Å². The fraction of sp³-hybridized carbons (Fsp3) is 0.250. The smallest absolute Gasteiger partial charge is 0.258 e. The molecule has 0 aliphatic carbocycles. The summed E-state index contributed by atoms with van der Waals surface area (Å²) in [6.07, 6.45) is 3.15. The number of hydrogen-bond acceptors (Lipinski definition) is 4. The number of likely N-dealkylation sites (tertiary alicyclic amines) is 1. The van der Waals surface area contributed by atoms with Crippen molar-refractivity contribution in [2.75, 3.05) is 30.8 Å². The number of benzene rings is 3. The number of hydrogen-bond donors (Lipinski definition) is 3. The number of rotatable bonds is 6. The van der Waals surface area contributed by atoms with Crippen molar-refractivity contribution >= 4 is 29.0 Å². The van der Waals surface area contributed by atoms with E-state index in [9.17, 15) is 14.0 Å². The third-order valence-electron chi connectivity index (χ3n) is 6.19. The lowest BCUT2D eigenvalue weighted by atomic mass is 10.1. The second-order valence-corrected chi connectivity index (χ2v) is 8.78. The van der Waals surface area contributed by atoms with Gasteiger partial charge >= 0.3 is 0 Å². The molecule has 1 aliphatic rings. The highest BCUT2D eigenvalue weighted by atomic mass is 19.1. The molecule has 0 aromatic heterocycles. The van der Waals surface area contributed by atoms with Gasteiger partial charge in [0.15, 0.2) is 0 Å². The molecule has 1 fully saturated rings. The number of ether oxygens (including phenoxy) is 1. The molecule has 2 amide bonds. The molecule has 1 saturated heterocycles. The highest BCUT2D eigenvalue weighted by molar-refractivity contribution is 6.13. The van der Waals surface area contributed by atoms with Crippen LogP contribution in [0, 0.1) is 18.2 Å². The van der Waals surface area contributed by atoms with Gasteiger partial charge in [0.25, 0.3) is 11.8 Å². The molecule has 0 saturated carbocycles. The number of amidine groups is 1. The summed E-state index contributed by atoms with van der Waals surface area (Å²) < 4.78 is 20.2. The molecule has 1 heterocycles. The van der Waals surface area contributed by atoms with Crippen LogP contribution in [-0.2, 0) is 0 Å². The zero-order chi connectivity index (χ0) is 25.7. The van der Waals surface area contributed by atoms with Crippen molar-refractivity contribution in [3.8, 4) is 5.75 Å². The van der Waals surface area contributed by atoms with Gasteiger partial charge in [-0.2, -0.15) is 0 Å². The lowest BCUT2D eigenvalue weighted by Crippen LogP contribution is -2.35. The average molecular weight is 489 g/mol. The number of piperidine rings is 1. The Hall–Kier alpha value is -4.20. The van der Waals surface area contributed by atoms with Gasteiger partial charge in [0.1, 0.15) is 17.4 Å². The lowest BCUT2D eigenvalue weighted by molar-refractivity contribution is 0.102. The molecule has 3 aromatic carbocycles. The van der Waals surface area contributed by atoms with Gasteiger partial charge in [-0.25, -0.2) is 4.39 Å². The SMILES string of the molecule is COc1ccc(NC(=O)c2ccc(C(=N)N3CCCCC3)cc2F)c(C(=O)Nc2ccc(C)cc2)c1. The average Bonchev–Trinajstić information content (AvgIpc) is 2.90. The van der Waals surface area contributed by atoms with Gasteiger partial charge in [0, 0.05) is 24.3 Å². The molecular formula is C28H29FN4O3. The molecule has 0 bridgehead atoms.